The number of rotatable bonds is 3. The van der Waals surface area contributed by atoms with Crippen molar-refractivity contribution in [3.05, 3.63) is 30.0 Å². The van der Waals surface area contributed by atoms with Crippen molar-refractivity contribution in [3.63, 3.8) is 0 Å². The van der Waals surface area contributed by atoms with Crippen molar-refractivity contribution >= 4 is 22.7 Å². The molecule has 0 unspecified atom stereocenters. The zero-order chi connectivity index (χ0) is 14.0. The maximum atomic E-state index is 11.6. The van der Waals surface area contributed by atoms with Gasteiger partial charge in [0.25, 0.3) is 0 Å². The molecule has 0 radical (unpaired) electrons. The minimum absolute atomic E-state index is 0.148. The number of carbonyl (C=O) groups is 2. The number of imide groups is 1. The van der Waals surface area contributed by atoms with E-state index in [4.69, 9.17) is 5.73 Å². The van der Waals surface area contributed by atoms with Crippen molar-refractivity contribution < 1.29 is 14.7 Å². The summed E-state index contributed by atoms with van der Waals surface area (Å²) in [5.41, 5.74) is 7.42. The first kappa shape index (κ1) is 13.1. The van der Waals surface area contributed by atoms with Crippen LogP contribution in [0.3, 0.4) is 0 Å². The van der Waals surface area contributed by atoms with Crippen LogP contribution in [0.15, 0.2) is 24.4 Å². The third-order valence-corrected chi connectivity index (χ3v) is 2.83. The van der Waals surface area contributed by atoms with E-state index in [1.807, 2.05) is 0 Å². The van der Waals surface area contributed by atoms with Crippen LogP contribution in [0.1, 0.15) is 12.5 Å². The molecule has 0 saturated heterocycles. The molecule has 19 heavy (non-hydrogen) atoms. The van der Waals surface area contributed by atoms with Gasteiger partial charge in [-0.05, 0) is 30.2 Å². The number of phenolic OH excluding ortho intramolecular Hbond substituents is 1. The highest BCUT2D eigenvalue weighted by Crippen LogP contribution is 2.23. The number of aromatic amines is 1. The first-order chi connectivity index (χ1) is 8.97. The van der Waals surface area contributed by atoms with E-state index in [2.05, 4.69) is 10.3 Å². The van der Waals surface area contributed by atoms with Crippen LogP contribution < -0.4 is 11.1 Å². The zero-order valence-corrected chi connectivity index (χ0v) is 10.4. The second-order valence-electron chi connectivity index (χ2n) is 4.40. The van der Waals surface area contributed by atoms with Gasteiger partial charge >= 0.3 is 0 Å². The number of fused-ring (bicyclic) bond motifs is 1. The van der Waals surface area contributed by atoms with Crippen LogP contribution in [-0.2, 0) is 16.0 Å². The molecule has 6 nitrogen and oxygen atoms in total. The van der Waals surface area contributed by atoms with Crippen LogP contribution in [0.2, 0.25) is 0 Å². The third-order valence-electron chi connectivity index (χ3n) is 2.83. The predicted molar refractivity (Wildman–Crippen MR) is 70.5 cm³/mol. The average Bonchev–Trinajstić information content (AvgIpc) is 2.71. The van der Waals surface area contributed by atoms with Gasteiger partial charge in [-0.1, -0.05) is 0 Å². The molecule has 0 bridgehead atoms. The maximum absolute atomic E-state index is 11.6. The highest BCUT2D eigenvalue weighted by atomic mass is 16.3. The molecule has 2 rings (SSSR count). The molecule has 6 heteroatoms. The van der Waals surface area contributed by atoms with Crippen LogP contribution in [0.25, 0.3) is 10.9 Å². The van der Waals surface area contributed by atoms with Gasteiger partial charge in [0, 0.05) is 24.0 Å². The molecule has 0 saturated carbocycles. The summed E-state index contributed by atoms with van der Waals surface area (Å²) in [6.45, 7) is 1.26. The van der Waals surface area contributed by atoms with E-state index in [0.717, 1.165) is 16.5 Å². The quantitative estimate of drug-likeness (QED) is 0.641. The van der Waals surface area contributed by atoms with Crippen LogP contribution in [0, 0.1) is 0 Å². The van der Waals surface area contributed by atoms with Crippen LogP contribution in [0.4, 0.5) is 0 Å². The molecule has 5 N–H and O–H groups in total. The molecule has 2 amide bonds. The fraction of sp³-hybridized carbons (Fsp3) is 0.231. The number of aromatic nitrogens is 1. The van der Waals surface area contributed by atoms with Gasteiger partial charge in [0.1, 0.15) is 5.75 Å². The Morgan fingerprint density at radius 2 is 2.21 bits per heavy atom. The SMILES string of the molecule is CC(=O)NC(=O)[C@@H](N)Cc1c[nH]c2ccc(O)cc12. The zero-order valence-electron chi connectivity index (χ0n) is 10.4. The van der Waals surface area contributed by atoms with E-state index in [-0.39, 0.29) is 12.2 Å². The van der Waals surface area contributed by atoms with Crippen molar-refractivity contribution in [2.24, 2.45) is 5.73 Å². The minimum atomic E-state index is -0.815. The molecule has 1 heterocycles. The fourth-order valence-electron chi connectivity index (χ4n) is 1.93. The highest BCUT2D eigenvalue weighted by molar-refractivity contribution is 5.97. The molecule has 0 spiro atoms. The molecule has 0 fully saturated rings. The van der Waals surface area contributed by atoms with Crippen molar-refractivity contribution in [1.29, 1.82) is 0 Å². The van der Waals surface area contributed by atoms with E-state index in [9.17, 15) is 14.7 Å². The Hall–Kier alpha value is -2.34. The molecular formula is C13H15N3O3. The summed E-state index contributed by atoms with van der Waals surface area (Å²) in [4.78, 5) is 25.4. The van der Waals surface area contributed by atoms with E-state index in [1.54, 1.807) is 24.4 Å². The van der Waals surface area contributed by atoms with Crippen molar-refractivity contribution in [3.8, 4) is 5.75 Å². The number of hydrogen-bond acceptors (Lipinski definition) is 4. The number of benzene rings is 1. The molecule has 0 aliphatic heterocycles. The lowest BCUT2D eigenvalue weighted by Gasteiger charge is -2.09. The first-order valence-electron chi connectivity index (χ1n) is 5.83. The van der Waals surface area contributed by atoms with Gasteiger partial charge in [-0.3, -0.25) is 14.9 Å². The number of aromatic hydroxyl groups is 1. The van der Waals surface area contributed by atoms with E-state index in [1.165, 1.54) is 6.92 Å². The molecule has 0 aliphatic rings. The Labute approximate surface area is 109 Å². The minimum Gasteiger partial charge on any atom is -0.508 e. The van der Waals surface area contributed by atoms with Crippen molar-refractivity contribution in [1.82, 2.24) is 10.3 Å². The Bertz CT molecular complexity index is 633. The number of nitrogens with two attached hydrogens (primary N) is 1. The third kappa shape index (κ3) is 2.92. The monoisotopic (exact) mass is 261 g/mol. The number of H-pyrrole nitrogens is 1. The standard InChI is InChI=1S/C13H15N3O3/c1-7(17)16-13(19)11(14)4-8-6-15-12-3-2-9(18)5-10(8)12/h2-3,5-6,11,15,18H,4,14H2,1H3,(H,16,17,19)/t11-/m0/s1. The van der Waals surface area contributed by atoms with E-state index >= 15 is 0 Å². The smallest absolute Gasteiger partial charge is 0.243 e. The summed E-state index contributed by atoms with van der Waals surface area (Å²) in [6.07, 6.45) is 2.02. The summed E-state index contributed by atoms with van der Waals surface area (Å²) in [7, 11) is 0. The van der Waals surface area contributed by atoms with Crippen molar-refractivity contribution in [2.75, 3.05) is 0 Å². The Kier molecular flexibility index (Phi) is 3.52. The van der Waals surface area contributed by atoms with Gasteiger partial charge in [-0.2, -0.15) is 0 Å². The number of hydrogen-bond donors (Lipinski definition) is 4. The van der Waals surface area contributed by atoms with Gasteiger partial charge in [-0.25, -0.2) is 0 Å². The molecule has 100 valence electrons. The lowest BCUT2D eigenvalue weighted by Crippen LogP contribution is -2.43. The molecule has 1 aromatic carbocycles. The van der Waals surface area contributed by atoms with Gasteiger partial charge in [-0.15, -0.1) is 0 Å². The normalized spacial score (nSPS) is 12.3. The largest absolute Gasteiger partial charge is 0.508 e. The van der Waals surface area contributed by atoms with E-state index < -0.39 is 17.9 Å². The summed E-state index contributed by atoms with van der Waals surface area (Å²) >= 11 is 0. The number of phenols is 1. The summed E-state index contributed by atoms with van der Waals surface area (Å²) < 4.78 is 0. The van der Waals surface area contributed by atoms with Gasteiger partial charge in [0.15, 0.2) is 0 Å². The number of carbonyl (C=O) groups excluding carboxylic acids is 2. The molecule has 2 aromatic rings. The van der Waals surface area contributed by atoms with Gasteiger partial charge < -0.3 is 15.8 Å². The number of amides is 2. The second-order valence-corrected chi connectivity index (χ2v) is 4.40. The average molecular weight is 261 g/mol. The second kappa shape index (κ2) is 5.11. The van der Waals surface area contributed by atoms with E-state index in [0.29, 0.717) is 0 Å². The van der Waals surface area contributed by atoms with Crippen LogP contribution in [0.5, 0.6) is 5.75 Å². The topological polar surface area (TPSA) is 108 Å². The molecule has 0 aliphatic carbocycles. The lowest BCUT2D eigenvalue weighted by atomic mass is 10.0. The van der Waals surface area contributed by atoms with Crippen molar-refractivity contribution in [2.45, 2.75) is 19.4 Å². The summed E-state index contributed by atoms with van der Waals surface area (Å²) in [5.74, 6) is -0.797. The van der Waals surface area contributed by atoms with Gasteiger partial charge in [0.2, 0.25) is 11.8 Å². The lowest BCUT2D eigenvalue weighted by molar-refractivity contribution is -0.130. The van der Waals surface area contributed by atoms with Crippen LogP contribution >= 0.6 is 0 Å². The molecular weight excluding hydrogens is 246 g/mol. The summed E-state index contributed by atoms with van der Waals surface area (Å²) in [6, 6.07) is 4.11. The number of nitrogens with one attached hydrogen (secondary N) is 2. The maximum Gasteiger partial charge on any atom is 0.243 e. The molecule has 1 aromatic heterocycles. The fourth-order valence-corrected chi connectivity index (χ4v) is 1.93. The first-order valence-corrected chi connectivity index (χ1v) is 5.83. The Morgan fingerprint density at radius 1 is 1.47 bits per heavy atom. The predicted octanol–water partition coefficient (Wildman–Crippen LogP) is 0.406. The Morgan fingerprint density at radius 3 is 2.89 bits per heavy atom. The molecule has 1 atom stereocenters. The Balaban J connectivity index is 2.19. The summed E-state index contributed by atoms with van der Waals surface area (Å²) in [5, 5.41) is 12.4. The highest BCUT2D eigenvalue weighted by Gasteiger charge is 2.17. The van der Waals surface area contributed by atoms with Crippen LogP contribution in [-0.4, -0.2) is 27.9 Å². The van der Waals surface area contributed by atoms with Gasteiger partial charge in [0.05, 0.1) is 6.04 Å².